The molecule has 2 rings (SSSR count). The van der Waals surface area contributed by atoms with Gasteiger partial charge in [-0.05, 0) is 25.4 Å². The maximum Gasteiger partial charge on any atom is 0.287 e. The second kappa shape index (κ2) is 7.06. The van der Waals surface area contributed by atoms with E-state index in [2.05, 4.69) is 22.2 Å². The van der Waals surface area contributed by atoms with Gasteiger partial charge in [0.1, 0.15) is 5.02 Å². The van der Waals surface area contributed by atoms with E-state index < -0.39 is 0 Å². The van der Waals surface area contributed by atoms with E-state index in [1.54, 1.807) is 6.20 Å². The Hall–Kier alpha value is -1.11. The fourth-order valence-electron chi connectivity index (χ4n) is 2.46. The molecule has 6 nitrogen and oxygen atoms in total. The Morgan fingerprint density at radius 1 is 1.60 bits per heavy atom. The summed E-state index contributed by atoms with van der Waals surface area (Å²) in [6.07, 6.45) is 2.71. The average Bonchev–Trinajstić information content (AvgIpc) is 2.91. The summed E-state index contributed by atoms with van der Waals surface area (Å²) in [7, 11) is 0. The lowest BCUT2D eigenvalue weighted by atomic mass is 10.1. The summed E-state index contributed by atoms with van der Waals surface area (Å²) < 4.78 is 1.17. The zero-order valence-electron chi connectivity index (χ0n) is 11.7. The number of anilines is 1. The van der Waals surface area contributed by atoms with Gasteiger partial charge >= 0.3 is 0 Å². The van der Waals surface area contributed by atoms with Crippen molar-refractivity contribution in [1.29, 1.82) is 0 Å². The van der Waals surface area contributed by atoms with Gasteiger partial charge in [0.05, 0.1) is 25.0 Å². The van der Waals surface area contributed by atoms with Crippen molar-refractivity contribution in [1.82, 2.24) is 14.7 Å². The van der Waals surface area contributed by atoms with Crippen LogP contribution in [0.25, 0.3) is 0 Å². The molecule has 1 unspecified atom stereocenters. The highest BCUT2D eigenvalue weighted by Gasteiger charge is 2.21. The monoisotopic (exact) mass is 300 g/mol. The summed E-state index contributed by atoms with van der Waals surface area (Å²) in [5, 5.41) is 16.2. The molecule has 0 bridgehead atoms. The highest BCUT2D eigenvalue weighted by molar-refractivity contribution is 6.32. The Balaban J connectivity index is 1.97. The van der Waals surface area contributed by atoms with Crippen LogP contribution in [-0.4, -0.2) is 52.6 Å². The molecule has 2 heterocycles. The summed E-state index contributed by atoms with van der Waals surface area (Å²) in [5.41, 5.74) is 0.202. The third kappa shape index (κ3) is 3.50. The SMILES string of the molecule is CCN1CCC(CNc2cnn(CCO)c(=O)c2Cl)C1. The lowest BCUT2D eigenvalue weighted by Crippen LogP contribution is -2.27. The van der Waals surface area contributed by atoms with Crippen molar-refractivity contribution in [2.24, 2.45) is 5.92 Å². The second-order valence-electron chi connectivity index (χ2n) is 5.05. The maximum absolute atomic E-state index is 11.9. The number of nitrogens with zero attached hydrogens (tertiary/aromatic N) is 3. The van der Waals surface area contributed by atoms with Crippen LogP contribution in [0.2, 0.25) is 5.02 Å². The Kier molecular flexibility index (Phi) is 5.39. The largest absolute Gasteiger partial charge is 0.394 e. The summed E-state index contributed by atoms with van der Waals surface area (Å²) in [6, 6.07) is 0. The molecule has 0 amide bonds. The Labute approximate surface area is 123 Å². The molecular weight excluding hydrogens is 280 g/mol. The molecule has 0 spiro atoms. The van der Waals surface area contributed by atoms with E-state index in [9.17, 15) is 4.79 Å². The van der Waals surface area contributed by atoms with Crippen molar-refractivity contribution in [2.75, 3.05) is 38.1 Å². The molecule has 0 saturated carbocycles. The van der Waals surface area contributed by atoms with Gasteiger partial charge in [-0.15, -0.1) is 0 Å². The standard InChI is InChI=1S/C13H21ClN4O2/c1-2-17-4-3-10(9-17)7-15-11-8-16-18(5-6-19)13(20)12(11)14/h8,10,15,19H,2-7,9H2,1H3. The molecule has 0 aromatic carbocycles. The summed E-state index contributed by atoms with van der Waals surface area (Å²) in [6.45, 7) is 6.27. The van der Waals surface area contributed by atoms with Gasteiger partial charge in [0, 0.05) is 13.1 Å². The normalized spacial score (nSPS) is 19.4. The second-order valence-corrected chi connectivity index (χ2v) is 5.43. The van der Waals surface area contributed by atoms with Crippen molar-refractivity contribution in [2.45, 2.75) is 19.9 Å². The van der Waals surface area contributed by atoms with Crippen LogP contribution in [0, 0.1) is 5.92 Å². The Morgan fingerprint density at radius 2 is 2.40 bits per heavy atom. The van der Waals surface area contributed by atoms with Crippen LogP contribution >= 0.6 is 11.6 Å². The third-order valence-electron chi connectivity index (χ3n) is 3.70. The lowest BCUT2D eigenvalue weighted by molar-refractivity contribution is 0.266. The van der Waals surface area contributed by atoms with E-state index in [1.165, 1.54) is 4.68 Å². The number of aliphatic hydroxyl groups is 1. The van der Waals surface area contributed by atoms with Crippen LogP contribution in [0.4, 0.5) is 5.69 Å². The highest BCUT2D eigenvalue weighted by Crippen LogP contribution is 2.19. The first-order valence-electron chi connectivity index (χ1n) is 6.98. The number of hydrogen-bond acceptors (Lipinski definition) is 5. The fourth-order valence-corrected chi connectivity index (χ4v) is 2.68. The molecule has 0 aliphatic carbocycles. The highest BCUT2D eigenvalue weighted by atomic mass is 35.5. The number of likely N-dealkylation sites (tertiary alicyclic amines) is 1. The van der Waals surface area contributed by atoms with Crippen molar-refractivity contribution in [3.05, 3.63) is 21.6 Å². The first-order chi connectivity index (χ1) is 9.65. The quantitative estimate of drug-likeness (QED) is 0.807. The van der Waals surface area contributed by atoms with Gasteiger partial charge < -0.3 is 15.3 Å². The minimum Gasteiger partial charge on any atom is -0.394 e. The Bertz CT molecular complexity index is 506. The molecule has 7 heteroatoms. The number of nitrogens with one attached hydrogen (secondary N) is 1. The van der Waals surface area contributed by atoms with E-state index >= 15 is 0 Å². The Morgan fingerprint density at radius 3 is 3.05 bits per heavy atom. The van der Waals surface area contributed by atoms with E-state index in [0.717, 1.165) is 32.6 Å². The van der Waals surface area contributed by atoms with Crippen molar-refractivity contribution < 1.29 is 5.11 Å². The molecule has 1 fully saturated rings. The number of aromatic nitrogens is 2. The van der Waals surface area contributed by atoms with E-state index in [1.807, 2.05) is 0 Å². The zero-order valence-corrected chi connectivity index (χ0v) is 12.4. The molecular formula is C13H21ClN4O2. The van der Waals surface area contributed by atoms with Crippen LogP contribution < -0.4 is 10.9 Å². The van der Waals surface area contributed by atoms with Gasteiger partial charge in [-0.1, -0.05) is 18.5 Å². The van der Waals surface area contributed by atoms with Gasteiger partial charge in [0.2, 0.25) is 0 Å². The predicted octanol–water partition coefficient (Wildman–Crippen LogP) is 0.643. The average molecular weight is 301 g/mol. The number of aliphatic hydroxyl groups excluding tert-OH is 1. The van der Waals surface area contributed by atoms with Crippen LogP contribution in [0.15, 0.2) is 11.0 Å². The number of halogens is 1. The summed E-state index contributed by atoms with van der Waals surface area (Å²) >= 11 is 6.05. The van der Waals surface area contributed by atoms with Gasteiger partial charge in [0.25, 0.3) is 5.56 Å². The molecule has 1 aromatic heterocycles. The first-order valence-corrected chi connectivity index (χ1v) is 7.36. The summed E-state index contributed by atoms with van der Waals surface area (Å²) in [5.74, 6) is 0.575. The van der Waals surface area contributed by atoms with Crippen LogP contribution in [0.5, 0.6) is 0 Å². The van der Waals surface area contributed by atoms with Crippen molar-refractivity contribution in [3.8, 4) is 0 Å². The molecule has 1 aliphatic heterocycles. The molecule has 1 aromatic rings. The van der Waals surface area contributed by atoms with Gasteiger partial charge in [-0.3, -0.25) is 4.79 Å². The lowest BCUT2D eigenvalue weighted by Gasteiger charge is -2.15. The van der Waals surface area contributed by atoms with Crippen LogP contribution in [0.3, 0.4) is 0 Å². The predicted molar refractivity (Wildman–Crippen MR) is 79.3 cm³/mol. The number of rotatable bonds is 6. The molecule has 20 heavy (non-hydrogen) atoms. The van der Waals surface area contributed by atoms with Gasteiger partial charge in [0.15, 0.2) is 0 Å². The molecule has 1 aliphatic rings. The zero-order chi connectivity index (χ0) is 14.5. The number of hydrogen-bond donors (Lipinski definition) is 2. The molecule has 1 saturated heterocycles. The summed E-state index contributed by atoms with van der Waals surface area (Å²) in [4.78, 5) is 14.3. The first kappa shape index (κ1) is 15.3. The maximum atomic E-state index is 11.9. The van der Waals surface area contributed by atoms with E-state index in [0.29, 0.717) is 11.6 Å². The van der Waals surface area contributed by atoms with Gasteiger partial charge in [-0.25, -0.2) is 4.68 Å². The van der Waals surface area contributed by atoms with Crippen LogP contribution in [-0.2, 0) is 6.54 Å². The minimum absolute atomic E-state index is 0.134. The fraction of sp³-hybridized carbons (Fsp3) is 0.692. The third-order valence-corrected chi connectivity index (χ3v) is 4.06. The minimum atomic E-state index is -0.368. The molecule has 2 N–H and O–H groups in total. The molecule has 112 valence electrons. The van der Waals surface area contributed by atoms with Crippen molar-refractivity contribution >= 4 is 17.3 Å². The molecule has 0 radical (unpaired) electrons. The topological polar surface area (TPSA) is 70.4 Å². The van der Waals surface area contributed by atoms with Gasteiger partial charge in [-0.2, -0.15) is 5.10 Å². The van der Waals surface area contributed by atoms with Crippen LogP contribution in [0.1, 0.15) is 13.3 Å². The van der Waals surface area contributed by atoms with E-state index in [4.69, 9.17) is 16.7 Å². The molecule has 1 atom stereocenters. The smallest absolute Gasteiger partial charge is 0.287 e. The van der Waals surface area contributed by atoms with Crippen molar-refractivity contribution in [3.63, 3.8) is 0 Å². The van der Waals surface area contributed by atoms with E-state index in [-0.39, 0.29) is 23.7 Å².